The molecule has 26 heavy (non-hydrogen) atoms. The van der Waals surface area contributed by atoms with Crippen molar-refractivity contribution < 1.29 is 16.8 Å². The molecule has 1 aliphatic rings. The van der Waals surface area contributed by atoms with Gasteiger partial charge in [0.25, 0.3) is 0 Å². The summed E-state index contributed by atoms with van der Waals surface area (Å²) in [6.07, 6.45) is 0. The SMILES string of the molecule is O=S1(=O)C[C@@H](S(=O)(=O)Nc2ccccc2-c2cccs2)c2ccccc21. The molecule has 0 spiro atoms. The standard InChI is InChI=1S/C18H15NO4S3/c20-25(21)12-18(14-7-2-4-10-17(14)25)26(22,23)19-15-8-3-1-6-13(15)16-9-5-11-24-16/h1-11,18-19H,12H2/t18-/m1/s1. The summed E-state index contributed by atoms with van der Waals surface area (Å²) < 4.78 is 53.3. The minimum Gasteiger partial charge on any atom is -0.282 e. The predicted octanol–water partition coefficient (Wildman–Crippen LogP) is 3.69. The topological polar surface area (TPSA) is 80.3 Å². The van der Waals surface area contributed by atoms with E-state index in [0.717, 1.165) is 10.4 Å². The molecular formula is C18H15NO4S3. The van der Waals surface area contributed by atoms with Crippen LogP contribution in [0.2, 0.25) is 0 Å². The van der Waals surface area contributed by atoms with Gasteiger partial charge in [0.05, 0.1) is 16.3 Å². The Balaban J connectivity index is 1.75. The third-order valence-electron chi connectivity index (χ3n) is 4.31. The minimum absolute atomic E-state index is 0.0990. The second kappa shape index (κ2) is 6.22. The van der Waals surface area contributed by atoms with Gasteiger partial charge < -0.3 is 0 Å². The summed E-state index contributed by atoms with van der Waals surface area (Å²) in [5, 5.41) is 0.792. The Morgan fingerprint density at radius 1 is 0.962 bits per heavy atom. The Morgan fingerprint density at radius 3 is 2.46 bits per heavy atom. The first kappa shape index (κ1) is 17.3. The third-order valence-corrected chi connectivity index (χ3v) is 8.91. The molecule has 3 aromatic rings. The molecule has 0 aliphatic carbocycles. The normalized spacial score (nSPS) is 18.4. The predicted molar refractivity (Wildman–Crippen MR) is 104 cm³/mol. The van der Waals surface area contributed by atoms with Gasteiger partial charge in [0, 0.05) is 10.4 Å². The molecule has 4 rings (SSSR count). The Bertz CT molecular complexity index is 1170. The van der Waals surface area contributed by atoms with Crippen molar-refractivity contribution in [2.24, 2.45) is 0 Å². The Morgan fingerprint density at radius 2 is 1.69 bits per heavy atom. The number of rotatable bonds is 4. The number of sulfone groups is 1. The van der Waals surface area contributed by atoms with Crippen molar-refractivity contribution in [1.82, 2.24) is 0 Å². The number of thiophene rings is 1. The highest BCUT2D eigenvalue weighted by Gasteiger charge is 2.42. The first-order valence-corrected chi connectivity index (χ1v) is 11.9. The summed E-state index contributed by atoms with van der Waals surface area (Å²) in [5.74, 6) is -0.442. The number of anilines is 1. The number of para-hydroxylation sites is 1. The van der Waals surface area contributed by atoms with Gasteiger partial charge in [-0.15, -0.1) is 11.3 Å². The molecule has 8 heteroatoms. The van der Waals surface area contributed by atoms with E-state index in [9.17, 15) is 16.8 Å². The monoisotopic (exact) mass is 405 g/mol. The molecule has 0 saturated carbocycles. The summed E-state index contributed by atoms with van der Waals surface area (Å²) in [6.45, 7) is 0. The van der Waals surface area contributed by atoms with E-state index in [1.54, 1.807) is 30.3 Å². The fraction of sp³-hybridized carbons (Fsp3) is 0.111. The highest BCUT2D eigenvalue weighted by Crippen LogP contribution is 2.40. The largest absolute Gasteiger partial charge is 0.282 e. The van der Waals surface area contributed by atoms with E-state index >= 15 is 0 Å². The number of sulfonamides is 1. The van der Waals surface area contributed by atoms with Gasteiger partial charge in [-0.05, 0) is 29.1 Å². The molecule has 0 fully saturated rings. The van der Waals surface area contributed by atoms with Crippen LogP contribution < -0.4 is 4.72 Å². The molecule has 1 atom stereocenters. The van der Waals surface area contributed by atoms with Gasteiger partial charge in [0.2, 0.25) is 10.0 Å². The highest BCUT2D eigenvalue weighted by atomic mass is 32.2. The molecule has 1 aromatic heterocycles. The van der Waals surface area contributed by atoms with Crippen molar-refractivity contribution in [3.05, 3.63) is 71.6 Å². The highest BCUT2D eigenvalue weighted by molar-refractivity contribution is 7.96. The average Bonchev–Trinajstić information content (AvgIpc) is 3.23. The van der Waals surface area contributed by atoms with Crippen LogP contribution in [0.1, 0.15) is 10.8 Å². The van der Waals surface area contributed by atoms with Crippen LogP contribution in [0.3, 0.4) is 0 Å². The zero-order chi connectivity index (χ0) is 18.4. The van der Waals surface area contributed by atoms with Crippen molar-refractivity contribution in [2.45, 2.75) is 10.1 Å². The zero-order valence-corrected chi connectivity index (χ0v) is 15.9. The van der Waals surface area contributed by atoms with Gasteiger partial charge in [-0.3, -0.25) is 4.72 Å². The quantitative estimate of drug-likeness (QED) is 0.718. The zero-order valence-electron chi connectivity index (χ0n) is 13.5. The smallest absolute Gasteiger partial charge is 0.240 e. The van der Waals surface area contributed by atoms with Crippen LogP contribution in [0.4, 0.5) is 5.69 Å². The van der Waals surface area contributed by atoms with E-state index in [0.29, 0.717) is 11.3 Å². The summed E-state index contributed by atoms with van der Waals surface area (Å²) in [7, 11) is -7.54. The lowest BCUT2D eigenvalue weighted by atomic mass is 10.1. The maximum absolute atomic E-state index is 13.0. The number of nitrogens with one attached hydrogen (secondary N) is 1. The second-order valence-corrected chi connectivity index (χ2v) is 10.8. The molecule has 2 aromatic carbocycles. The van der Waals surface area contributed by atoms with Gasteiger partial charge in [-0.25, -0.2) is 16.8 Å². The lowest BCUT2D eigenvalue weighted by molar-refractivity contribution is 0.586. The Kier molecular flexibility index (Phi) is 4.13. The molecule has 0 bridgehead atoms. The van der Waals surface area contributed by atoms with Gasteiger partial charge in [0.15, 0.2) is 9.84 Å². The van der Waals surface area contributed by atoms with Crippen molar-refractivity contribution in [3.63, 3.8) is 0 Å². The molecule has 0 saturated heterocycles. The Hall–Kier alpha value is -2.16. The van der Waals surface area contributed by atoms with Gasteiger partial charge in [-0.1, -0.05) is 42.5 Å². The van der Waals surface area contributed by atoms with Crippen LogP contribution in [0.15, 0.2) is 70.9 Å². The lowest BCUT2D eigenvalue weighted by Gasteiger charge is -2.16. The molecule has 134 valence electrons. The summed E-state index contributed by atoms with van der Waals surface area (Å²) in [6, 6.07) is 17.2. The van der Waals surface area contributed by atoms with E-state index in [-0.39, 0.29) is 4.90 Å². The molecule has 0 amide bonds. The number of hydrogen-bond donors (Lipinski definition) is 1. The summed E-state index contributed by atoms with van der Waals surface area (Å²) in [4.78, 5) is 1.03. The molecule has 2 heterocycles. The maximum Gasteiger partial charge on any atom is 0.240 e. The van der Waals surface area contributed by atoms with E-state index in [1.807, 2.05) is 29.6 Å². The van der Waals surface area contributed by atoms with Crippen LogP contribution >= 0.6 is 11.3 Å². The lowest BCUT2D eigenvalue weighted by Crippen LogP contribution is -2.23. The van der Waals surface area contributed by atoms with Gasteiger partial charge in [-0.2, -0.15) is 0 Å². The van der Waals surface area contributed by atoms with E-state index in [2.05, 4.69) is 4.72 Å². The first-order valence-electron chi connectivity index (χ1n) is 7.85. The minimum atomic E-state index is -3.94. The molecule has 1 aliphatic heterocycles. The first-order chi connectivity index (χ1) is 12.4. The third kappa shape index (κ3) is 2.94. The number of benzene rings is 2. The summed E-state index contributed by atoms with van der Waals surface area (Å²) >= 11 is 1.51. The van der Waals surface area contributed by atoms with Gasteiger partial charge >= 0.3 is 0 Å². The number of fused-ring (bicyclic) bond motifs is 1. The fourth-order valence-electron chi connectivity index (χ4n) is 3.11. The molecule has 1 N–H and O–H groups in total. The second-order valence-electron chi connectivity index (χ2n) is 5.98. The van der Waals surface area contributed by atoms with E-state index in [1.165, 1.54) is 17.4 Å². The molecule has 0 unspecified atom stereocenters. The van der Waals surface area contributed by atoms with Crippen LogP contribution in [0, 0.1) is 0 Å². The average molecular weight is 406 g/mol. The Labute approximate surface area is 156 Å². The summed E-state index contributed by atoms with van der Waals surface area (Å²) in [5.41, 5.74) is 1.53. The van der Waals surface area contributed by atoms with Crippen molar-refractivity contribution in [3.8, 4) is 10.4 Å². The van der Waals surface area contributed by atoms with Gasteiger partial charge in [0.1, 0.15) is 5.25 Å². The van der Waals surface area contributed by atoms with Crippen molar-refractivity contribution >= 4 is 36.9 Å². The number of hydrogen-bond acceptors (Lipinski definition) is 5. The van der Waals surface area contributed by atoms with Crippen LogP contribution in [0.25, 0.3) is 10.4 Å². The van der Waals surface area contributed by atoms with Crippen LogP contribution in [0.5, 0.6) is 0 Å². The van der Waals surface area contributed by atoms with Crippen LogP contribution in [-0.4, -0.2) is 22.6 Å². The van der Waals surface area contributed by atoms with Crippen molar-refractivity contribution in [2.75, 3.05) is 10.5 Å². The molecular weight excluding hydrogens is 390 g/mol. The maximum atomic E-state index is 13.0. The fourth-order valence-corrected chi connectivity index (χ4v) is 7.98. The molecule has 5 nitrogen and oxygen atoms in total. The van der Waals surface area contributed by atoms with Crippen molar-refractivity contribution in [1.29, 1.82) is 0 Å². The molecule has 0 radical (unpaired) electrons. The van der Waals surface area contributed by atoms with E-state index in [4.69, 9.17) is 0 Å². The van der Waals surface area contributed by atoms with E-state index < -0.39 is 30.9 Å². The van der Waals surface area contributed by atoms with Crippen LogP contribution in [-0.2, 0) is 19.9 Å².